The molecule has 1 amide bonds. The number of aromatic nitrogens is 1. The van der Waals surface area contributed by atoms with Crippen molar-refractivity contribution < 1.29 is 21.3 Å². The highest BCUT2D eigenvalue weighted by atomic mass is 16.5. The summed E-state index contributed by atoms with van der Waals surface area (Å²) < 4.78 is 44.4. The lowest BCUT2D eigenvalue weighted by molar-refractivity contribution is 0.0968. The van der Waals surface area contributed by atoms with Gasteiger partial charge >= 0.3 is 6.09 Å². The molecule has 1 saturated heterocycles. The molecule has 3 rings (SSSR count). The van der Waals surface area contributed by atoms with Gasteiger partial charge in [-0.05, 0) is 24.8 Å². The fourth-order valence-electron chi connectivity index (χ4n) is 2.87. The molecule has 0 radical (unpaired) electrons. The van der Waals surface area contributed by atoms with Gasteiger partial charge in [-0.25, -0.2) is 4.79 Å². The van der Waals surface area contributed by atoms with Gasteiger partial charge in [-0.1, -0.05) is 30.2 Å². The van der Waals surface area contributed by atoms with Crippen molar-refractivity contribution in [1.82, 2.24) is 10.1 Å². The lowest BCUT2D eigenvalue weighted by Crippen LogP contribution is -2.46. The summed E-state index contributed by atoms with van der Waals surface area (Å²) in [5.74, 6) is 0.227. The standard InChI is InChI=1S/C16H18N2O4/c19-15-10-14(22-17-15)12-6-7-18(16(20)21)13(9-12)8-11-4-2-1-3-5-11/h1-5,10,12-13H,6-9H2,(H,17,19)(H,20,21)/i1D,2D,3D,4D,5D. The highest BCUT2D eigenvalue weighted by molar-refractivity contribution is 5.65. The van der Waals surface area contributed by atoms with E-state index >= 15 is 0 Å². The van der Waals surface area contributed by atoms with E-state index in [1.54, 1.807) is 0 Å². The molecule has 0 bridgehead atoms. The third-order valence-corrected chi connectivity index (χ3v) is 3.90. The number of piperidine rings is 1. The van der Waals surface area contributed by atoms with Crippen LogP contribution >= 0.6 is 0 Å². The minimum atomic E-state index is -1.14. The molecule has 2 N–H and O–H groups in total. The SMILES string of the molecule is [2H]c1c([2H])c([2H])c(CC2CC(c3cc(=O)[nH]o3)CCN2C(=O)O)c([2H])c1[2H]. The number of rotatable bonds is 3. The zero-order chi connectivity index (χ0) is 19.9. The summed E-state index contributed by atoms with van der Waals surface area (Å²) in [4.78, 5) is 24.1. The van der Waals surface area contributed by atoms with Crippen LogP contribution < -0.4 is 5.56 Å². The number of aromatic amines is 1. The van der Waals surface area contributed by atoms with Gasteiger partial charge in [0, 0.05) is 24.6 Å². The number of carbonyl (C=O) groups is 1. The predicted molar refractivity (Wildman–Crippen MR) is 80.0 cm³/mol. The van der Waals surface area contributed by atoms with Gasteiger partial charge < -0.3 is 14.5 Å². The van der Waals surface area contributed by atoms with Crippen molar-refractivity contribution in [3.05, 3.63) is 58.0 Å². The molecule has 116 valence electrons. The van der Waals surface area contributed by atoms with E-state index in [1.165, 1.54) is 11.0 Å². The first kappa shape index (κ1) is 9.50. The van der Waals surface area contributed by atoms with Gasteiger partial charge in [0.1, 0.15) is 5.76 Å². The van der Waals surface area contributed by atoms with Crippen molar-refractivity contribution in [3.8, 4) is 0 Å². The molecule has 0 aliphatic carbocycles. The van der Waals surface area contributed by atoms with E-state index in [0.29, 0.717) is 18.6 Å². The van der Waals surface area contributed by atoms with Gasteiger partial charge in [0.2, 0.25) is 0 Å². The molecule has 6 heteroatoms. The number of H-pyrrole nitrogens is 1. The first-order valence-corrected chi connectivity index (χ1v) is 6.94. The van der Waals surface area contributed by atoms with Crippen molar-refractivity contribution in [2.24, 2.45) is 0 Å². The Morgan fingerprint density at radius 1 is 1.45 bits per heavy atom. The second-order valence-corrected chi connectivity index (χ2v) is 5.27. The minimum Gasteiger partial charge on any atom is -0.465 e. The quantitative estimate of drug-likeness (QED) is 0.912. The third kappa shape index (κ3) is 3.05. The van der Waals surface area contributed by atoms with E-state index in [-0.39, 0.29) is 42.1 Å². The molecule has 2 aromatic rings. The lowest BCUT2D eigenvalue weighted by atomic mass is 9.86. The Labute approximate surface area is 134 Å². The van der Waals surface area contributed by atoms with E-state index in [1.807, 2.05) is 0 Å². The van der Waals surface area contributed by atoms with Gasteiger partial charge in [0.15, 0.2) is 0 Å². The van der Waals surface area contributed by atoms with E-state index in [4.69, 9.17) is 11.4 Å². The van der Waals surface area contributed by atoms with Crippen molar-refractivity contribution in [2.75, 3.05) is 6.54 Å². The highest BCUT2D eigenvalue weighted by Crippen LogP contribution is 2.32. The first-order chi connectivity index (χ1) is 12.7. The average molecular weight is 307 g/mol. The number of amides is 1. The van der Waals surface area contributed by atoms with Crippen molar-refractivity contribution in [3.63, 3.8) is 0 Å². The Morgan fingerprint density at radius 3 is 2.86 bits per heavy atom. The second kappa shape index (κ2) is 6.09. The molecule has 6 nitrogen and oxygen atoms in total. The Hall–Kier alpha value is -2.50. The van der Waals surface area contributed by atoms with Crippen LogP contribution in [0.15, 0.2) is 45.6 Å². The van der Waals surface area contributed by atoms with Gasteiger partial charge in [-0.3, -0.25) is 4.79 Å². The molecule has 2 unspecified atom stereocenters. The number of likely N-dealkylation sites (tertiary alicyclic amines) is 1. The molecule has 2 heterocycles. The summed E-state index contributed by atoms with van der Waals surface area (Å²) in [6.07, 6.45) is -0.381. The van der Waals surface area contributed by atoms with Crippen LogP contribution in [0.2, 0.25) is 0 Å². The maximum absolute atomic E-state index is 11.6. The fourth-order valence-corrected chi connectivity index (χ4v) is 2.87. The number of benzene rings is 1. The Bertz CT molecular complexity index is 912. The summed E-state index contributed by atoms with van der Waals surface area (Å²) in [6.45, 7) is 0.193. The zero-order valence-electron chi connectivity index (χ0n) is 16.7. The molecular weight excluding hydrogens is 284 g/mol. The lowest BCUT2D eigenvalue weighted by Gasteiger charge is -2.37. The molecule has 1 aliphatic rings. The topological polar surface area (TPSA) is 86.5 Å². The van der Waals surface area contributed by atoms with Crippen LogP contribution in [0.5, 0.6) is 0 Å². The summed E-state index contributed by atoms with van der Waals surface area (Å²) in [5.41, 5.74) is -0.304. The Balaban J connectivity index is 1.94. The summed E-state index contributed by atoms with van der Waals surface area (Å²) in [7, 11) is 0. The van der Waals surface area contributed by atoms with Gasteiger partial charge in [-0.2, -0.15) is 5.16 Å². The molecule has 1 aliphatic heterocycles. The molecule has 1 fully saturated rings. The predicted octanol–water partition coefficient (Wildman–Crippen LogP) is 2.44. The average Bonchev–Trinajstić information content (AvgIpc) is 3.08. The number of carboxylic acid groups (broad SMARTS) is 1. The molecule has 22 heavy (non-hydrogen) atoms. The number of nitrogens with one attached hydrogen (secondary N) is 1. The van der Waals surface area contributed by atoms with Crippen LogP contribution in [-0.4, -0.2) is 33.8 Å². The molecule has 2 atom stereocenters. The van der Waals surface area contributed by atoms with Crippen LogP contribution in [-0.2, 0) is 6.42 Å². The smallest absolute Gasteiger partial charge is 0.407 e. The van der Waals surface area contributed by atoms with Crippen LogP contribution in [0.4, 0.5) is 4.79 Å². The fraction of sp³-hybridized carbons (Fsp3) is 0.375. The van der Waals surface area contributed by atoms with Crippen molar-refractivity contribution in [1.29, 1.82) is 0 Å². The summed E-state index contributed by atoms with van der Waals surface area (Å²) in [6, 6.07) is -1.33. The van der Waals surface area contributed by atoms with Crippen LogP contribution in [0, 0.1) is 0 Å². The minimum absolute atomic E-state index is 0.0207. The van der Waals surface area contributed by atoms with Crippen LogP contribution in [0.1, 0.15) is 36.9 Å². The number of nitrogens with zero attached hydrogens (tertiary/aromatic N) is 1. The van der Waals surface area contributed by atoms with Crippen molar-refractivity contribution >= 4 is 6.09 Å². The number of hydrogen-bond acceptors (Lipinski definition) is 3. The van der Waals surface area contributed by atoms with Crippen LogP contribution in [0.25, 0.3) is 0 Å². The maximum atomic E-state index is 11.6. The molecule has 1 aromatic carbocycles. The van der Waals surface area contributed by atoms with Gasteiger partial charge in [0.25, 0.3) is 5.56 Å². The third-order valence-electron chi connectivity index (χ3n) is 3.90. The molecule has 0 saturated carbocycles. The Morgan fingerprint density at radius 2 is 2.23 bits per heavy atom. The second-order valence-electron chi connectivity index (χ2n) is 5.27. The van der Waals surface area contributed by atoms with Crippen molar-refractivity contribution in [2.45, 2.75) is 31.2 Å². The largest absolute Gasteiger partial charge is 0.465 e. The van der Waals surface area contributed by atoms with E-state index in [9.17, 15) is 14.7 Å². The molecular formula is C16H18N2O4. The van der Waals surface area contributed by atoms with Crippen LogP contribution in [0.3, 0.4) is 0 Å². The first-order valence-electron chi connectivity index (χ1n) is 9.44. The number of hydrogen-bond donors (Lipinski definition) is 2. The van der Waals surface area contributed by atoms with E-state index < -0.39 is 30.3 Å². The normalized spacial score (nSPS) is 24.9. The monoisotopic (exact) mass is 307 g/mol. The Kier molecular flexibility index (Phi) is 2.63. The molecule has 0 spiro atoms. The van der Waals surface area contributed by atoms with E-state index in [0.717, 1.165) is 0 Å². The van der Waals surface area contributed by atoms with Gasteiger partial charge in [-0.15, -0.1) is 0 Å². The molecule has 1 aromatic heterocycles. The summed E-state index contributed by atoms with van der Waals surface area (Å²) in [5, 5.41) is 11.7. The summed E-state index contributed by atoms with van der Waals surface area (Å²) >= 11 is 0. The van der Waals surface area contributed by atoms with E-state index in [2.05, 4.69) is 5.16 Å². The zero-order valence-corrected chi connectivity index (χ0v) is 11.7. The highest BCUT2D eigenvalue weighted by Gasteiger charge is 2.33. The maximum Gasteiger partial charge on any atom is 0.407 e. The van der Waals surface area contributed by atoms with Gasteiger partial charge in [0.05, 0.1) is 6.85 Å².